The topological polar surface area (TPSA) is 139 Å². The van der Waals surface area contributed by atoms with Crippen LogP contribution in [0.25, 0.3) is 0 Å². The van der Waals surface area contributed by atoms with E-state index in [4.69, 9.17) is 10.5 Å². The Morgan fingerprint density at radius 2 is 1.77 bits per heavy atom. The first kappa shape index (κ1) is 24.8. The number of amides is 1. The molecule has 1 aliphatic heterocycles. The van der Waals surface area contributed by atoms with Crippen LogP contribution >= 0.6 is 0 Å². The van der Waals surface area contributed by atoms with Crippen LogP contribution in [0.5, 0.6) is 5.88 Å². The number of rotatable bonds is 6. The quantitative estimate of drug-likeness (QED) is 0.485. The zero-order valence-electron chi connectivity index (χ0n) is 20.8. The average molecular weight is 482 g/mol. The molecule has 2 aliphatic rings. The van der Waals surface area contributed by atoms with E-state index in [2.05, 4.69) is 44.9 Å². The highest BCUT2D eigenvalue weighted by molar-refractivity contribution is 5.86. The summed E-state index contributed by atoms with van der Waals surface area (Å²) in [6, 6.07) is 8.52. The number of hydrogen-bond acceptors (Lipinski definition) is 7. The van der Waals surface area contributed by atoms with Crippen molar-refractivity contribution in [3.63, 3.8) is 0 Å². The predicted molar refractivity (Wildman–Crippen MR) is 133 cm³/mol. The summed E-state index contributed by atoms with van der Waals surface area (Å²) in [5, 5.41) is 15.3. The van der Waals surface area contributed by atoms with E-state index in [0.29, 0.717) is 29.7 Å². The fourth-order valence-corrected chi connectivity index (χ4v) is 5.08. The Morgan fingerprint density at radius 3 is 2.40 bits per heavy atom. The molecular weight excluding hydrogens is 446 g/mol. The second kappa shape index (κ2) is 9.36. The summed E-state index contributed by atoms with van der Waals surface area (Å²) in [5.41, 5.74) is 7.27. The van der Waals surface area contributed by atoms with Crippen molar-refractivity contribution in [2.45, 2.75) is 82.9 Å². The normalized spacial score (nSPS) is 23.4. The number of hydrogen-bond donors (Lipinski definition) is 4. The molecule has 1 unspecified atom stereocenters. The van der Waals surface area contributed by atoms with Gasteiger partial charge in [-0.1, -0.05) is 24.3 Å². The Labute approximate surface area is 205 Å². The first-order valence-corrected chi connectivity index (χ1v) is 12.2. The highest BCUT2D eigenvalue weighted by atomic mass is 16.5. The van der Waals surface area contributed by atoms with Crippen molar-refractivity contribution in [1.29, 1.82) is 0 Å². The predicted octanol–water partition coefficient (Wildman–Crippen LogP) is 4.03. The van der Waals surface area contributed by atoms with E-state index in [1.165, 1.54) is 25.7 Å². The number of nitrogens with one attached hydrogen (secondary N) is 2. The van der Waals surface area contributed by atoms with Gasteiger partial charge in [-0.3, -0.25) is 4.79 Å². The molecule has 1 aliphatic carbocycles. The molecule has 0 spiro atoms. The van der Waals surface area contributed by atoms with Crippen LogP contribution in [0, 0.1) is 5.92 Å². The number of fused-ring (bicyclic) bond motifs is 1. The zero-order chi connectivity index (χ0) is 25.4. The molecule has 1 amide bonds. The van der Waals surface area contributed by atoms with Crippen molar-refractivity contribution in [2.24, 2.45) is 5.92 Å². The van der Waals surface area contributed by atoms with Gasteiger partial charge < -0.3 is 26.2 Å². The molecule has 1 saturated carbocycles. The molecular formula is C26H35N5O4. The smallest absolute Gasteiger partial charge is 0.328 e. The van der Waals surface area contributed by atoms with Gasteiger partial charge in [0.05, 0.1) is 6.04 Å². The number of carboxylic acid groups (broad SMARTS) is 1. The van der Waals surface area contributed by atoms with Gasteiger partial charge in [-0.15, -0.1) is 0 Å². The fraction of sp³-hybridized carbons (Fsp3) is 0.538. The van der Waals surface area contributed by atoms with E-state index in [1.54, 1.807) is 0 Å². The third kappa shape index (κ3) is 5.33. The number of carbonyl (C=O) groups excluding carboxylic acids is 1. The van der Waals surface area contributed by atoms with Crippen molar-refractivity contribution in [1.82, 2.24) is 15.3 Å². The second-order valence-electron chi connectivity index (χ2n) is 10.8. The lowest BCUT2D eigenvalue weighted by atomic mass is 9.77. The molecule has 2 heterocycles. The molecule has 0 bridgehead atoms. The maximum atomic E-state index is 12.3. The van der Waals surface area contributed by atoms with Crippen LogP contribution in [-0.2, 0) is 9.59 Å². The Kier molecular flexibility index (Phi) is 6.62. The number of nitrogens with two attached hydrogens (primary N) is 1. The molecule has 9 nitrogen and oxygen atoms in total. The summed E-state index contributed by atoms with van der Waals surface area (Å²) < 4.78 is 6.14. The summed E-state index contributed by atoms with van der Waals surface area (Å²) in [6.45, 7) is 7.06. The van der Waals surface area contributed by atoms with Crippen molar-refractivity contribution < 1.29 is 19.4 Å². The average Bonchev–Trinajstić information content (AvgIpc) is 2.78. The molecule has 4 rings (SSSR count). The Balaban J connectivity index is 1.36. The highest BCUT2D eigenvalue weighted by Gasteiger charge is 2.39. The molecule has 1 atom stereocenters. The van der Waals surface area contributed by atoms with Crippen LogP contribution in [0.1, 0.15) is 82.9 Å². The molecule has 1 aromatic carbocycles. The number of aliphatic carboxylic acids is 1. The van der Waals surface area contributed by atoms with Gasteiger partial charge in [0.1, 0.15) is 23.2 Å². The van der Waals surface area contributed by atoms with Crippen LogP contribution in [0.4, 0.5) is 11.5 Å². The fourth-order valence-electron chi connectivity index (χ4n) is 5.08. The summed E-state index contributed by atoms with van der Waals surface area (Å²) in [5.74, 6) is 0.343. The van der Waals surface area contributed by atoms with Gasteiger partial charge in [0.25, 0.3) is 0 Å². The monoisotopic (exact) mass is 481 g/mol. The third-order valence-electron chi connectivity index (χ3n) is 7.23. The number of aromatic nitrogens is 2. The number of carboxylic acids is 1. The maximum Gasteiger partial charge on any atom is 0.328 e. The summed E-state index contributed by atoms with van der Waals surface area (Å²) >= 11 is 0. The SMILES string of the molecule is CC(C)(NC(=O)CC1CCC(c2ccc(C3Nc4c(N)ncnc4OC3(C)C)cc2)CC1)C(=O)O. The first-order valence-electron chi connectivity index (χ1n) is 12.2. The maximum absolute atomic E-state index is 12.3. The largest absolute Gasteiger partial charge is 0.480 e. The molecule has 9 heteroatoms. The molecule has 5 N–H and O–H groups in total. The van der Waals surface area contributed by atoms with Gasteiger partial charge in [0, 0.05) is 6.42 Å². The minimum atomic E-state index is -1.25. The van der Waals surface area contributed by atoms with Crippen LogP contribution in [0.2, 0.25) is 0 Å². The lowest BCUT2D eigenvalue weighted by Crippen LogP contribution is -2.50. The van der Waals surface area contributed by atoms with Gasteiger partial charge >= 0.3 is 5.97 Å². The standard InChI is InChI=1S/C26H35N5O4/c1-25(2,24(33)34)31-19(32)13-15-5-7-16(8-6-15)17-9-11-18(12-10-17)21-26(3,4)35-23-20(30-21)22(27)28-14-29-23/h9-12,14-16,21,30H,5-8,13H2,1-4H3,(H,31,32)(H,33,34)(H2,27,28,29). The van der Waals surface area contributed by atoms with E-state index in [9.17, 15) is 14.7 Å². The van der Waals surface area contributed by atoms with Crippen molar-refractivity contribution >= 4 is 23.4 Å². The molecule has 0 saturated heterocycles. The van der Waals surface area contributed by atoms with Crippen molar-refractivity contribution in [3.8, 4) is 5.88 Å². The molecule has 1 fully saturated rings. The van der Waals surface area contributed by atoms with E-state index >= 15 is 0 Å². The van der Waals surface area contributed by atoms with E-state index in [-0.39, 0.29) is 17.9 Å². The molecule has 0 radical (unpaired) electrons. The zero-order valence-corrected chi connectivity index (χ0v) is 20.8. The van der Waals surface area contributed by atoms with Gasteiger partial charge in [-0.05, 0) is 76.3 Å². The van der Waals surface area contributed by atoms with E-state index in [0.717, 1.165) is 31.2 Å². The summed E-state index contributed by atoms with van der Waals surface area (Å²) in [7, 11) is 0. The van der Waals surface area contributed by atoms with Crippen LogP contribution in [-0.4, -0.2) is 38.1 Å². The Bertz CT molecular complexity index is 1090. The Hall–Kier alpha value is -3.36. The number of nitrogen functional groups attached to an aromatic ring is 1. The van der Waals surface area contributed by atoms with Gasteiger partial charge in [0.2, 0.25) is 11.8 Å². The molecule has 188 valence electrons. The third-order valence-corrected chi connectivity index (χ3v) is 7.23. The van der Waals surface area contributed by atoms with Crippen molar-refractivity contribution in [2.75, 3.05) is 11.1 Å². The molecule has 2 aromatic rings. The minimum Gasteiger partial charge on any atom is -0.480 e. The van der Waals surface area contributed by atoms with E-state index < -0.39 is 17.1 Å². The van der Waals surface area contributed by atoms with Crippen LogP contribution in [0.3, 0.4) is 0 Å². The molecule has 35 heavy (non-hydrogen) atoms. The van der Waals surface area contributed by atoms with Gasteiger partial charge in [0.15, 0.2) is 5.82 Å². The Morgan fingerprint density at radius 1 is 1.14 bits per heavy atom. The minimum absolute atomic E-state index is 0.110. The number of ether oxygens (including phenoxy) is 1. The summed E-state index contributed by atoms with van der Waals surface area (Å²) in [4.78, 5) is 31.8. The van der Waals surface area contributed by atoms with E-state index in [1.807, 2.05) is 13.8 Å². The van der Waals surface area contributed by atoms with Crippen molar-refractivity contribution in [3.05, 3.63) is 41.7 Å². The first-order chi connectivity index (χ1) is 16.5. The number of nitrogens with zero attached hydrogens (tertiary/aromatic N) is 2. The lowest BCUT2D eigenvalue weighted by Gasteiger charge is -2.40. The van der Waals surface area contributed by atoms with Gasteiger partial charge in [-0.25, -0.2) is 9.78 Å². The lowest BCUT2D eigenvalue weighted by molar-refractivity contribution is -0.146. The van der Waals surface area contributed by atoms with Gasteiger partial charge in [-0.2, -0.15) is 4.98 Å². The molecule has 1 aromatic heterocycles. The number of carbonyl (C=O) groups is 2. The van der Waals surface area contributed by atoms with Crippen LogP contribution in [0.15, 0.2) is 30.6 Å². The second-order valence-corrected chi connectivity index (χ2v) is 10.8. The summed E-state index contributed by atoms with van der Waals surface area (Å²) in [6.07, 6.45) is 5.70. The highest BCUT2D eigenvalue weighted by Crippen LogP contribution is 2.44. The van der Waals surface area contributed by atoms with Crippen LogP contribution < -0.4 is 21.1 Å². The number of anilines is 2. The number of benzene rings is 1.